The van der Waals surface area contributed by atoms with Gasteiger partial charge in [0, 0.05) is 36.8 Å². The number of aromatic nitrogens is 3. The standard InChI is InChI=1S/C23H25N5O3/c1-30-17-5-3-15(4-6-17)18-14-25-20(13-21(18)31-2)23(29)28-11-9-16(10-12-28)19-7-8-22(24)27-26-19/h3-8,13-14,16H,9-12H2,1-2H3,(H2,24,27). The number of hydrogen-bond acceptors (Lipinski definition) is 7. The highest BCUT2D eigenvalue weighted by Gasteiger charge is 2.26. The summed E-state index contributed by atoms with van der Waals surface area (Å²) in [5.74, 6) is 1.97. The number of likely N-dealkylation sites (tertiary alicyclic amines) is 1. The molecule has 31 heavy (non-hydrogen) atoms. The molecule has 1 saturated heterocycles. The molecule has 2 aromatic heterocycles. The molecule has 0 aliphatic carbocycles. The Balaban J connectivity index is 1.46. The normalized spacial score (nSPS) is 14.3. The lowest BCUT2D eigenvalue weighted by molar-refractivity contribution is 0.0705. The van der Waals surface area contributed by atoms with Crippen molar-refractivity contribution in [2.24, 2.45) is 0 Å². The summed E-state index contributed by atoms with van der Waals surface area (Å²) in [6.45, 7) is 1.28. The maximum absolute atomic E-state index is 13.0. The number of pyridine rings is 1. The largest absolute Gasteiger partial charge is 0.497 e. The Morgan fingerprint density at radius 1 is 1.03 bits per heavy atom. The number of hydrogen-bond donors (Lipinski definition) is 1. The van der Waals surface area contributed by atoms with Crippen molar-refractivity contribution < 1.29 is 14.3 Å². The van der Waals surface area contributed by atoms with E-state index >= 15 is 0 Å². The molecule has 0 saturated carbocycles. The van der Waals surface area contributed by atoms with E-state index in [1.807, 2.05) is 35.2 Å². The number of amides is 1. The lowest BCUT2D eigenvalue weighted by Crippen LogP contribution is -2.38. The summed E-state index contributed by atoms with van der Waals surface area (Å²) in [6, 6.07) is 13.0. The summed E-state index contributed by atoms with van der Waals surface area (Å²) < 4.78 is 10.8. The van der Waals surface area contributed by atoms with Crippen molar-refractivity contribution in [1.29, 1.82) is 0 Å². The van der Waals surface area contributed by atoms with E-state index < -0.39 is 0 Å². The van der Waals surface area contributed by atoms with Crippen molar-refractivity contribution in [1.82, 2.24) is 20.1 Å². The molecule has 1 aliphatic heterocycles. The Kier molecular flexibility index (Phi) is 5.97. The summed E-state index contributed by atoms with van der Waals surface area (Å²) in [5.41, 5.74) is 8.67. The van der Waals surface area contributed by atoms with Gasteiger partial charge in [0.25, 0.3) is 5.91 Å². The molecule has 4 rings (SSSR count). The van der Waals surface area contributed by atoms with E-state index in [9.17, 15) is 4.79 Å². The second-order valence-corrected chi connectivity index (χ2v) is 7.45. The predicted molar refractivity (Wildman–Crippen MR) is 117 cm³/mol. The average Bonchev–Trinajstić information content (AvgIpc) is 2.84. The molecule has 0 radical (unpaired) electrons. The van der Waals surface area contributed by atoms with Gasteiger partial charge in [0.15, 0.2) is 0 Å². The van der Waals surface area contributed by atoms with Gasteiger partial charge in [0.1, 0.15) is 23.0 Å². The van der Waals surface area contributed by atoms with Crippen molar-refractivity contribution in [2.45, 2.75) is 18.8 Å². The number of benzene rings is 1. The number of nitrogens with two attached hydrogens (primary N) is 1. The van der Waals surface area contributed by atoms with Crippen LogP contribution < -0.4 is 15.2 Å². The zero-order chi connectivity index (χ0) is 21.8. The zero-order valence-corrected chi connectivity index (χ0v) is 17.6. The number of carbonyl (C=O) groups is 1. The van der Waals surface area contributed by atoms with Gasteiger partial charge in [-0.1, -0.05) is 12.1 Å². The Hall–Kier alpha value is -3.68. The van der Waals surface area contributed by atoms with Crippen molar-refractivity contribution in [3.63, 3.8) is 0 Å². The monoisotopic (exact) mass is 419 g/mol. The number of nitrogen functional groups attached to an aromatic ring is 1. The molecular weight excluding hydrogens is 394 g/mol. The van der Waals surface area contributed by atoms with Crippen LogP contribution in [0.3, 0.4) is 0 Å². The molecule has 0 spiro atoms. The number of anilines is 1. The average molecular weight is 419 g/mol. The minimum absolute atomic E-state index is 0.0959. The minimum Gasteiger partial charge on any atom is -0.497 e. The van der Waals surface area contributed by atoms with Crippen LogP contribution in [0.1, 0.15) is 34.9 Å². The summed E-state index contributed by atoms with van der Waals surface area (Å²) in [6.07, 6.45) is 3.33. The van der Waals surface area contributed by atoms with Gasteiger partial charge in [-0.2, -0.15) is 5.10 Å². The van der Waals surface area contributed by atoms with Crippen LogP contribution in [-0.4, -0.2) is 53.3 Å². The number of methoxy groups -OCH3 is 2. The third-order valence-electron chi connectivity index (χ3n) is 5.61. The first-order chi connectivity index (χ1) is 15.1. The van der Waals surface area contributed by atoms with Gasteiger partial charge in [0.2, 0.25) is 0 Å². The lowest BCUT2D eigenvalue weighted by atomic mass is 9.93. The molecule has 0 unspecified atom stereocenters. The van der Waals surface area contributed by atoms with E-state index in [0.29, 0.717) is 30.4 Å². The highest BCUT2D eigenvalue weighted by molar-refractivity contribution is 5.93. The van der Waals surface area contributed by atoms with E-state index in [4.69, 9.17) is 15.2 Å². The van der Waals surface area contributed by atoms with Gasteiger partial charge >= 0.3 is 0 Å². The first-order valence-corrected chi connectivity index (χ1v) is 10.2. The van der Waals surface area contributed by atoms with Crippen molar-refractivity contribution in [2.75, 3.05) is 33.0 Å². The molecule has 0 atom stereocenters. The zero-order valence-electron chi connectivity index (χ0n) is 17.6. The van der Waals surface area contributed by atoms with Gasteiger partial charge in [-0.3, -0.25) is 9.78 Å². The number of carbonyl (C=O) groups excluding carboxylic acids is 1. The highest BCUT2D eigenvalue weighted by atomic mass is 16.5. The number of rotatable bonds is 5. The predicted octanol–water partition coefficient (Wildman–Crippen LogP) is 3.16. The van der Waals surface area contributed by atoms with Crippen LogP contribution in [0.4, 0.5) is 5.82 Å². The summed E-state index contributed by atoms with van der Waals surface area (Å²) in [5, 5.41) is 8.12. The number of piperidine rings is 1. The quantitative estimate of drug-likeness (QED) is 0.677. The summed E-state index contributed by atoms with van der Waals surface area (Å²) >= 11 is 0. The van der Waals surface area contributed by atoms with Crippen LogP contribution in [0.25, 0.3) is 11.1 Å². The van der Waals surface area contributed by atoms with Crippen molar-refractivity contribution in [3.05, 3.63) is 60.0 Å². The molecule has 1 fully saturated rings. The molecule has 3 heterocycles. The van der Waals surface area contributed by atoms with E-state index in [1.54, 1.807) is 32.5 Å². The van der Waals surface area contributed by atoms with E-state index in [-0.39, 0.29) is 11.8 Å². The summed E-state index contributed by atoms with van der Waals surface area (Å²) in [4.78, 5) is 19.3. The van der Waals surface area contributed by atoms with Gasteiger partial charge < -0.3 is 20.1 Å². The fraction of sp³-hybridized carbons (Fsp3) is 0.304. The van der Waals surface area contributed by atoms with E-state index in [0.717, 1.165) is 35.4 Å². The second-order valence-electron chi connectivity index (χ2n) is 7.45. The molecule has 3 aromatic rings. The molecule has 1 aliphatic rings. The molecule has 0 bridgehead atoms. The topological polar surface area (TPSA) is 103 Å². The fourth-order valence-corrected chi connectivity index (χ4v) is 3.82. The Morgan fingerprint density at radius 3 is 2.39 bits per heavy atom. The Labute approximate surface area is 181 Å². The second kappa shape index (κ2) is 8.99. The minimum atomic E-state index is -0.0959. The van der Waals surface area contributed by atoms with Crippen LogP contribution in [-0.2, 0) is 0 Å². The maximum atomic E-state index is 13.0. The third kappa shape index (κ3) is 4.42. The van der Waals surface area contributed by atoms with Crippen molar-refractivity contribution >= 4 is 11.7 Å². The highest BCUT2D eigenvalue weighted by Crippen LogP contribution is 2.32. The molecule has 160 valence electrons. The molecule has 8 nitrogen and oxygen atoms in total. The van der Waals surface area contributed by atoms with E-state index in [1.165, 1.54) is 0 Å². The van der Waals surface area contributed by atoms with Gasteiger partial charge in [0.05, 0.1) is 19.9 Å². The Bertz CT molecular complexity index is 1050. The molecule has 8 heteroatoms. The maximum Gasteiger partial charge on any atom is 0.272 e. The SMILES string of the molecule is COc1ccc(-c2cnc(C(=O)N3CCC(c4ccc(N)nn4)CC3)cc2OC)cc1. The van der Waals surface area contributed by atoms with Crippen molar-refractivity contribution in [3.8, 4) is 22.6 Å². The fourth-order valence-electron chi connectivity index (χ4n) is 3.82. The summed E-state index contributed by atoms with van der Waals surface area (Å²) in [7, 11) is 3.22. The lowest BCUT2D eigenvalue weighted by Gasteiger charge is -2.31. The number of ether oxygens (including phenoxy) is 2. The number of nitrogens with zero attached hydrogens (tertiary/aromatic N) is 4. The van der Waals surface area contributed by atoms with Gasteiger partial charge in [-0.15, -0.1) is 5.10 Å². The van der Waals surface area contributed by atoms with E-state index in [2.05, 4.69) is 15.2 Å². The first kappa shape index (κ1) is 20.6. The molecular formula is C23H25N5O3. The van der Waals surface area contributed by atoms with Crippen LogP contribution in [0, 0.1) is 0 Å². The van der Waals surface area contributed by atoms with Crippen LogP contribution in [0.5, 0.6) is 11.5 Å². The third-order valence-corrected chi connectivity index (χ3v) is 5.61. The van der Waals surface area contributed by atoms with Crippen LogP contribution >= 0.6 is 0 Å². The molecule has 2 N–H and O–H groups in total. The first-order valence-electron chi connectivity index (χ1n) is 10.2. The van der Waals surface area contributed by atoms with Gasteiger partial charge in [-0.05, 0) is 42.7 Å². The smallest absolute Gasteiger partial charge is 0.272 e. The van der Waals surface area contributed by atoms with Crippen LogP contribution in [0.2, 0.25) is 0 Å². The van der Waals surface area contributed by atoms with Gasteiger partial charge in [-0.25, -0.2) is 0 Å². The molecule has 1 amide bonds. The Morgan fingerprint density at radius 2 is 1.77 bits per heavy atom. The van der Waals surface area contributed by atoms with Crippen LogP contribution in [0.15, 0.2) is 48.7 Å². The molecule has 1 aromatic carbocycles.